The van der Waals surface area contributed by atoms with Gasteiger partial charge in [-0.3, -0.25) is 9.55 Å². The van der Waals surface area contributed by atoms with Gasteiger partial charge in [0.25, 0.3) is 0 Å². The maximum absolute atomic E-state index is 11.5. The van der Waals surface area contributed by atoms with Crippen molar-refractivity contribution in [3.05, 3.63) is 119 Å². The van der Waals surface area contributed by atoms with Gasteiger partial charge in [-0.15, -0.1) is 0 Å². The van der Waals surface area contributed by atoms with Gasteiger partial charge in [0.2, 0.25) is 0 Å². The lowest BCUT2D eigenvalue weighted by molar-refractivity contribution is 0.477. The van der Waals surface area contributed by atoms with Crippen molar-refractivity contribution in [3.8, 4) is 45.2 Å². The van der Waals surface area contributed by atoms with Gasteiger partial charge in [-0.05, 0) is 103 Å². The molecule has 6 aromatic rings. The molecule has 282 valence electrons. The van der Waals surface area contributed by atoms with Crippen LogP contribution in [0.2, 0.25) is 0 Å². The summed E-state index contributed by atoms with van der Waals surface area (Å²) in [6, 6.07) is 30.1. The Hall–Kier alpha value is -4.70. The smallest absolute Gasteiger partial charge is 0.149 e. The Bertz CT molecular complexity index is 2310. The molecular formula is C50H61N3O. The van der Waals surface area contributed by atoms with Crippen LogP contribution >= 0.6 is 0 Å². The standard InChI is InChI=1S/C50H61N3O/c1-46(2,3)31-27-34(33-29-35(40-24-18-19-26-51-40)39(50(13,14)15)30-38(33)49(10,11)12)43-41(28-31)53(45(52-43)32-21-16-17-25-42(32)54)44-36(47(4,5)6)22-20-23-37(44)48(7,8)9/h16-30,54H,1-15H3. The quantitative estimate of drug-likeness (QED) is 0.197. The molecule has 6 rings (SSSR count). The van der Waals surface area contributed by atoms with E-state index >= 15 is 0 Å². The second-order valence-electron chi connectivity index (χ2n) is 20.3. The predicted molar refractivity (Wildman–Crippen MR) is 230 cm³/mol. The molecule has 4 nitrogen and oxygen atoms in total. The van der Waals surface area contributed by atoms with E-state index in [2.05, 4.69) is 163 Å². The van der Waals surface area contributed by atoms with E-state index in [1.54, 1.807) is 6.07 Å². The van der Waals surface area contributed by atoms with Gasteiger partial charge >= 0.3 is 0 Å². The second-order valence-corrected chi connectivity index (χ2v) is 20.3. The molecule has 0 aliphatic heterocycles. The van der Waals surface area contributed by atoms with Crippen molar-refractivity contribution in [1.82, 2.24) is 14.5 Å². The predicted octanol–water partition coefficient (Wildman–Crippen LogP) is 13.6. The zero-order valence-electron chi connectivity index (χ0n) is 35.4. The van der Waals surface area contributed by atoms with Crippen LogP contribution in [0.5, 0.6) is 5.75 Å². The molecule has 54 heavy (non-hydrogen) atoms. The first kappa shape index (κ1) is 39.0. The fraction of sp³-hybridized carbons (Fsp3) is 0.400. The number of phenolic OH excluding ortho intramolecular Hbond substituents is 1. The van der Waals surface area contributed by atoms with Gasteiger partial charge in [0, 0.05) is 17.3 Å². The summed E-state index contributed by atoms with van der Waals surface area (Å²) in [5, 5.41) is 11.5. The summed E-state index contributed by atoms with van der Waals surface area (Å²) < 4.78 is 2.37. The molecule has 0 radical (unpaired) electrons. The number of aromatic nitrogens is 3. The lowest BCUT2D eigenvalue weighted by atomic mass is 9.74. The largest absolute Gasteiger partial charge is 0.507 e. The third-order valence-corrected chi connectivity index (χ3v) is 10.7. The molecule has 2 heterocycles. The first-order valence-electron chi connectivity index (χ1n) is 19.5. The second kappa shape index (κ2) is 13.3. The minimum atomic E-state index is -0.177. The highest BCUT2D eigenvalue weighted by Gasteiger charge is 2.33. The van der Waals surface area contributed by atoms with Crippen LogP contribution in [0.1, 0.15) is 132 Å². The number of phenols is 1. The average molecular weight is 720 g/mol. The van der Waals surface area contributed by atoms with Crippen LogP contribution in [-0.2, 0) is 27.1 Å². The number of rotatable bonds is 4. The van der Waals surface area contributed by atoms with Gasteiger partial charge in [-0.2, -0.15) is 0 Å². The number of benzene rings is 4. The van der Waals surface area contributed by atoms with Crippen LogP contribution in [0.3, 0.4) is 0 Å². The molecule has 0 aliphatic rings. The van der Waals surface area contributed by atoms with Crippen molar-refractivity contribution in [2.75, 3.05) is 0 Å². The van der Waals surface area contributed by atoms with Gasteiger partial charge in [0.1, 0.15) is 11.6 Å². The number of pyridine rings is 1. The first-order chi connectivity index (χ1) is 24.9. The van der Waals surface area contributed by atoms with Crippen molar-refractivity contribution >= 4 is 11.0 Å². The number of hydrogen-bond acceptors (Lipinski definition) is 3. The summed E-state index contributed by atoms with van der Waals surface area (Å²) in [6.45, 7) is 34.4. The van der Waals surface area contributed by atoms with Crippen molar-refractivity contribution in [2.24, 2.45) is 0 Å². The van der Waals surface area contributed by atoms with Gasteiger partial charge in [-0.25, -0.2) is 4.98 Å². The molecule has 0 aliphatic carbocycles. The van der Waals surface area contributed by atoms with Crippen LogP contribution in [0.25, 0.3) is 50.5 Å². The Balaban J connectivity index is 1.90. The Labute approximate surface area is 324 Å². The molecule has 0 amide bonds. The van der Waals surface area contributed by atoms with Gasteiger partial charge in [0.15, 0.2) is 0 Å². The van der Waals surface area contributed by atoms with Crippen molar-refractivity contribution in [1.29, 1.82) is 0 Å². The molecule has 0 unspecified atom stereocenters. The summed E-state index contributed by atoms with van der Waals surface area (Å²) in [6.07, 6.45) is 1.89. The van der Waals surface area contributed by atoms with Crippen LogP contribution in [0, 0.1) is 0 Å². The Morgan fingerprint density at radius 1 is 0.481 bits per heavy atom. The van der Waals surface area contributed by atoms with E-state index in [4.69, 9.17) is 9.97 Å². The van der Waals surface area contributed by atoms with Crippen molar-refractivity contribution in [2.45, 2.75) is 131 Å². The molecular weight excluding hydrogens is 659 g/mol. The number of fused-ring (bicyclic) bond motifs is 1. The van der Waals surface area contributed by atoms with Crippen molar-refractivity contribution < 1.29 is 5.11 Å². The van der Waals surface area contributed by atoms with Gasteiger partial charge in [-0.1, -0.05) is 146 Å². The highest BCUT2D eigenvalue weighted by Crippen LogP contribution is 2.48. The number of hydrogen-bond donors (Lipinski definition) is 1. The highest BCUT2D eigenvalue weighted by molar-refractivity contribution is 5.99. The van der Waals surface area contributed by atoms with Crippen molar-refractivity contribution in [3.63, 3.8) is 0 Å². The molecule has 4 heteroatoms. The maximum atomic E-state index is 11.5. The topological polar surface area (TPSA) is 50.9 Å². The average Bonchev–Trinajstić information content (AvgIpc) is 3.44. The van der Waals surface area contributed by atoms with Crippen LogP contribution in [-0.4, -0.2) is 19.6 Å². The highest BCUT2D eigenvalue weighted by atomic mass is 16.3. The normalized spacial score (nSPS) is 13.2. The Morgan fingerprint density at radius 3 is 1.56 bits per heavy atom. The SMILES string of the molecule is CC(C)(C)c1cc(-c2cc(-c3ccccn3)c(C(C)(C)C)cc2C(C)(C)C)c2nc(-c3ccccc3O)n(-c3c(C(C)(C)C)cccc3C(C)(C)C)c2c1. The lowest BCUT2D eigenvalue weighted by Crippen LogP contribution is -2.22. The summed E-state index contributed by atoms with van der Waals surface area (Å²) in [4.78, 5) is 10.5. The summed E-state index contributed by atoms with van der Waals surface area (Å²) in [5.74, 6) is 0.936. The molecule has 0 bridgehead atoms. The van der Waals surface area contributed by atoms with E-state index in [0.29, 0.717) is 5.56 Å². The molecule has 0 spiro atoms. The minimum Gasteiger partial charge on any atom is -0.507 e. The summed E-state index contributed by atoms with van der Waals surface area (Å²) in [7, 11) is 0. The number of nitrogens with zero attached hydrogens (tertiary/aromatic N) is 3. The fourth-order valence-corrected chi connectivity index (χ4v) is 7.68. The zero-order valence-corrected chi connectivity index (χ0v) is 35.4. The van der Waals surface area contributed by atoms with E-state index in [9.17, 15) is 5.11 Å². The minimum absolute atomic E-state index is 0.117. The molecule has 4 aromatic carbocycles. The third kappa shape index (κ3) is 7.25. The van der Waals surface area contributed by atoms with E-state index in [0.717, 1.165) is 44.9 Å². The van der Waals surface area contributed by atoms with E-state index < -0.39 is 0 Å². The maximum Gasteiger partial charge on any atom is 0.149 e. The molecule has 0 saturated heterocycles. The first-order valence-corrected chi connectivity index (χ1v) is 19.5. The van der Waals surface area contributed by atoms with Gasteiger partial charge in [0.05, 0.1) is 28.0 Å². The van der Waals surface area contributed by atoms with E-state index in [1.165, 1.54) is 27.8 Å². The fourth-order valence-electron chi connectivity index (χ4n) is 7.68. The summed E-state index contributed by atoms with van der Waals surface area (Å²) in [5.41, 5.74) is 13.5. The van der Waals surface area contributed by atoms with E-state index in [1.807, 2.05) is 30.5 Å². The Kier molecular flexibility index (Phi) is 9.57. The molecule has 2 aromatic heterocycles. The zero-order chi connectivity index (χ0) is 39.8. The van der Waals surface area contributed by atoms with Crippen LogP contribution < -0.4 is 0 Å². The van der Waals surface area contributed by atoms with Crippen LogP contribution in [0.4, 0.5) is 0 Å². The Morgan fingerprint density at radius 2 is 1.04 bits per heavy atom. The monoisotopic (exact) mass is 719 g/mol. The molecule has 0 fully saturated rings. The van der Waals surface area contributed by atoms with E-state index in [-0.39, 0.29) is 32.8 Å². The third-order valence-electron chi connectivity index (χ3n) is 10.7. The summed E-state index contributed by atoms with van der Waals surface area (Å²) >= 11 is 0. The lowest BCUT2D eigenvalue weighted by Gasteiger charge is -2.32. The van der Waals surface area contributed by atoms with Crippen LogP contribution in [0.15, 0.2) is 91.1 Å². The molecule has 0 saturated carbocycles. The number of aromatic hydroxyl groups is 1. The number of para-hydroxylation sites is 2. The molecule has 1 N–H and O–H groups in total. The van der Waals surface area contributed by atoms with Gasteiger partial charge < -0.3 is 5.11 Å². The molecule has 0 atom stereocenters. The number of imidazole rings is 1.